The molecule has 0 heterocycles. The number of hydrogen-bond acceptors (Lipinski definition) is 4. The van der Waals surface area contributed by atoms with Gasteiger partial charge in [-0.05, 0) is 119 Å². The minimum absolute atomic E-state index is 0.221. The molecule has 4 nitrogen and oxygen atoms in total. The molecule has 0 atom stereocenters. The van der Waals surface area contributed by atoms with Gasteiger partial charge in [0.25, 0.3) is 0 Å². The van der Waals surface area contributed by atoms with Gasteiger partial charge < -0.3 is 14.8 Å². The van der Waals surface area contributed by atoms with Crippen LogP contribution in [0.3, 0.4) is 0 Å². The summed E-state index contributed by atoms with van der Waals surface area (Å²) in [6.45, 7) is 6.43. The van der Waals surface area contributed by atoms with Gasteiger partial charge in [-0.25, -0.2) is 4.79 Å². The lowest BCUT2D eigenvalue weighted by atomic mass is 10.00. The van der Waals surface area contributed by atoms with E-state index in [0.29, 0.717) is 5.56 Å². The Bertz CT molecular complexity index is 978. The smallest absolute Gasteiger partial charge is 0.338 e. The van der Waals surface area contributed by atoms with Crippen LogP contribution in [0.15, 0.2) is 36.4 Å². The summed E-state index contributed by atoms with van der Waals surface area (Å²) in [7, 11) is 0. The van der Waals surface area contributed by atoms with Crippen LogP contribution < -0.4 is 10.1 Å². The number of carbonyl (C=O) groups is 1. The maximum absolute atomic E-state index is 12.7. The molecular formula is C29H37NO3. The van der Waals surface area contributed by atoms with Gasteiger partial charge in [-0.15, -0.1) is 0 Å². The lowest BCUT2D eigenvalue weighted by Gasteiger charge is -2.21. The van der Waals surface area contributed by atoms with Crippen LogP contribution in [0.25, 0.3) is 0 Å². The maximum atomic E-state index is 12.7. The molecule has 0 aliphatic heterocycles. The molecule has 176 valence electrons. The van der Waals surface area contributed by atoms with Gasteiger partial charge in [0.2, 0.25) is 0 Å². The molecule has 0 unspecified atom stereocenters. The van der Waals surface area contributed by atoms with Crippen molar-refractivity contribution in [2.24, 2.45) is 0 Å². The van der Waals surface area contributed by atoms with Gasteiger partial charge >= 0.3 is 5.97 Å². The molecule has 3 saturated carbocycles. The third-order valence-corrected chi connectivity index (χ3v) is 6.83. The molecule has 0 amide bonds. The van der Waals surface area contributed by atoms with Crippen LogP contribution in [0.4, 0.5) is 5.69 Å². The Morgan fingerprint density at radius 1 is 0.909 bits per heavy atom. The largest absolute Gasteiger partial charge is 0.488 e. The molecule has 0 bridgehead atoms. The summed E-state index contributed by atoms with van der Waals surface area (Å²) in [5.74, 6) is 1.97. The van der Waals surface area contributed by atoms with E-state index in [4.69, 9.17) is 9.47 Å². The molecule has 4 heteroatoms. The van der Waals surface area contributed by atoms with Gasteiger partial charge in [-0.1, -0.05) is 18.2 Å². The number of carbonyl (C=O) groups excluding carboxylic acids is 1. The average Bonchev–Trinajstić information content (AvgIpc) is 3.70. The first-order valence-electron chi connectivity index (χ1n) is 12.8. The molecule has 0 spiro atoms. The topological polar surface area (TPSA) is 47.6 Å². The number of rotatable bonds is 8. The summed E-state index contributed by atoms with van der Waals surface area (Å²) in [5.41, 5.74) is 5.32. The first-order chi connectivity index (χ1) is 15.8. The molecule has 0 saturated heterocycles. The van der Waals surface area contributed by atoms with Gasteiger partial charge in [0.1, 0.15) is 11.4 Å². The third-order valence-electron chi connectivity index (χ3n) is 6.83. The maximum Gasteiger partial charge on any atom is 0.338 e. The van der Waals surface area contributed by atoms with Crippen molar-refractivity contribution in [3.8, 4) is 5.75 Å². The zero-order chi connectivity index (χ0) is 23.0. The van der Waals surface area contributed by atoms with E-state index in [1.54, 1.807) is 0 Å². The van der Waals surface area contributed by atoms with E-state index >= 15 is 0 Å². The van der Waals surface area contributed by atoms with Crippen LogP contribution in [0.5, 0.6) is 5.75 Å². The molecular weight excluding hydrogens is 410 g/mol. The second-order valence-electron chi connectivity index (χ2n) is 11.1. The van der Waals surface area contributed by atoms with Crippen LogP contribution >= 0.6 is 0 Å². The molecule has 3 fully saturated rings. The van der Waals surface area contributed by atoms with Crippen molar-refractivity contribution in [3.63, 3.8) is 0 Å². The average molecular weight is 448 g/mol. The normalized spacial score (nSPS) is 18.9. The predicted molar refractivity (Wildman–Crippen MR) is 132 cm³/mol. The summed E-state index contributed by atoms with van der Waals surface area (Å²) in [6, 6.07) is 12.9. The second kappa shape index (κ2) is 9.04. The molecule has 2 aromatic rings. The van der Waals surface area contributed by atoms with Gasteiger partial charge in [-0.2, -0.15) is 0 Å². The Morgan fingerprint density at radius 3 is 2.12 bits per heavy atom. The fourth-order valence-corrected chi connectivity index (χ4v) is 4.77. The van der Waals surface area contributed by atoms with Gasteiger partial charge in [-0.3, -0.25) is 0 Å². The van der Waals surface area contributed by atoms with Gasteiger partial charge in [0.05, 0.1) is 17.4 Å². The fourth-order valence-electron chi connectivity index (χ4n) is 4.77. The van der Waals surface area contributed by atoms with Gasteiger partial charge in [0.15, 0.2) is 0 Å². The van der Waals surface area contributed by atoms with Crippen molar-refractivity contribution in [3.05, 3.63) is 58.7 Å². The van der Waals surface area contributed by atoms with Crippen LogP contribution in [-0.2, 0) is 11.3 Å². The fraction of sp³-hybridized carbons (Fsp3) is 0.552. The first-order valence-corrected chi connectivity index (χ1v) is 12.8. The predicted octanol–water partition coefficient (Wildman–Crippen LogP) is 7.33. The minimum atomic E-state index is -0.522. The second-order valence-corrected chi connectivity index (χ2v) is 11.1. The highest BCUT2D eigenvalue weighted by Crippen LogP contribution is 2.45. The first kappa shape index (κ1) is 22.3. The van der Waals surface area contributed by atoms with Crippen molar-refractivity contribution < 1.29 is 14.3 Å². The lowest BCUT2D eigenvalue weighted by Crippen LogP contribution is -2.24. The van der Waals surface area contributed by atoms with Crippen molar-refractivity contribution in [2.45, 2.75) is 102 Å². The highest BCUT2D eigenvalue weighted by atomic mass is 16.6. The summed E-state index contributed by atoms with van der Waals surface area (Å²) in [4.78, 5) is 12.7. The number of hydrogen-bond donors (Lipinski definition) is 1. The molecule has 3 aliphatic rings. The quantitative estimate of drug-likeness (QED) is 0.430. The zero-order valence-electron chi connectivity index (χ0n) is 20.3. The Morgan fingerprint density at radius 2 is 1.55 bits per heavy atom. The number of anilines is 1. The van der Waals surface area contributed by atoms with Gasteiger partial charge in [0, 0.05) is 6.54 Å². The Hall–Kier alpha value is -2.49. The number of esters is 1. The minimum Gasteiger partial charge on any atom is -0.488 e. The van der Waals surface area contributed by atoms with Crippen molar-refractivity contribution >= 4 is 11.7 Å². The monoisotopic (exact) mass is 447 g/mol. The van der Waals surface area contributed by atoms with Crippen molar-refractivity contribution in [1.29, 1.82) is 0 Å². The summed E-state index contributed by atoms with van der Waals surface area (Å²) < 4.78 is 12.0. The molecule has 0 radical (unpaired) electrons. The Balaban J connectivity index is 1.35. The van der Waals surface area contributed by atoms with Crippen LogP contribution in [-0.4, -0.2) is 17.7 Å². The molecule has 2 aromatic carbocycles. The van der Waals surface area contributed by atoms with E-state index in [9.17, 15) is 4.79 Å². The lowest BCUT2D eigenvalue weighted by molar-refractivity contribution is 0.00689. The molecule has 33 heavy (non-hydrogen) atoms. The van der Waals surface area contributed by atoms with Crippen LogP contribution in [0, 0.1) is 0 Å². The van der Waals surface area contributed by atoms with E-state index < -0.39 is 5.60 Å². The van der Waals surface area contributed by atoms with Crippen molar-refractivity contribution in [2.75, 3.05) is 5.32 Å². The van der Waals surface area contributed by atoms with Crippen LogP contribution in [0.2, 0.25) is 0 Å². The van der Waals surface area contributed by atoms with E-state index in [0.717, 1.165) is 42.7 Å². The molecule has 1 N–H and O–H groups in total. The van der Waals surface area contributed by atoms with Crippen molar-refractivity contribution in [1.82, 2.24) is 0 Å². The summed E-state index contributed by atoms with van der Waals surface area (Å²) in [5, 5.41) is 3.61. The summed E-state index contributed by atoms with van der Waals surface area (Å²) >= 11 is 0. The van der Waals surface area contributed by atoms with E-state index in [1.807, 2.05) is 39.0 Å². The SMILES string of the molecule is CC(C)(C)OC(=O)c1ccc(NCc2cc(C3CC3)cc(C3CC3)c2)c(OC2CCCC2)c1. The molecule has 5 rings (SSSR count). The van der Waals surface area contributed by atoms with E-state index in [-0.39, 0.29) is 12.1 Å². The van der Waals surface area contributed by atoms with Crippen LogP contribution in [0.1, 0.15) is 111 Å². The Kier molecular flexibility index (Phi) is 6.11. The highest BCUT2D eigenvalue weighted by molar-refractivity contribution is 5.91. The zero-order valence-corrected chi connectivity index (χ0v) is 20.3. The Labute approximate surface area is 198 Å². The van der Waals surface area contributed by atoms with E-state index in [2.05, 4.69) is 23.5 Å². The number of benzene rings is 2. The third kappa shape index (κ3) is 5.90. The molecule has 3 aliphatic carbocycles. The standard InChI is InChI=1S/C29H37NO3/c1-29(2,3)33-28(31)22-12-13-26(27(17-22)32-25-6-4-5-7-25)30-18-19-14-23(20-8-9-20)16-24(15-19)21-10-11-21/h12-17,20-21,25,30H,4-11,18H2,1-3H3. The number of nitrogens with one attached hydrogen (secondary N) is 1. The van der Waals surface area contributed by atoms with E-state index in [1.165, 1.54) is 55.2 Å². The summed E-state index contributed by atoms with van der Waals surface area (Å²) in [6.07, 6.45) is 10.1. The highest BCUT2D eigenvalue weighted by Gasteiger charge is 2.28. The molecule has 0 aromatic heterocycles. The number of ether oxygens (including phenoxy) is 2.